The summed E-state index contributed by atoms with van der Waals surface area (Å²) in [7, 11) is 0.813. The van der Waals surface area contributed by atoms with Crippen LogP contribution in [0, 0.1) is 0 Å². The summed E-state index contributed by atoms with van der Waals surface area (Å²) in [6.45, 7) is 6.46. The lowest BCUT2D eigenvalue weighted by molar-refractivity contribution is -0.134. The Morgan fingerprint density at radius 3 is 2.00 bits per heavy atom. The molecular weight excluding hydrogens is 336 g/mol. The first-order valence-corrected chi connectivity index (χ1v) is 11.1. The predicted molar refractivity (Wildman–Crippen MR) is 100.0 cm³/mol. The van der Waals surface area contributed by atoms with Crippen LogP contribution < -0.4 is 0 Å². The molecule has 0 N–H and O–H groups in total. The molecule has 1 atom stereocenters. The van der Waals surface area contributed by atoms with Crippen LogP contribution >= 0.6 is 0 Å². The molecule has 0 aliphatic carbocycles. The zero-order valence-electron chi connectivity index (χ0n) is 15.7. The first-order valence-electron chi connectivity index (χ1n) is 8.57. The van der Waals surface area contributed by atoms with E-state index in [2.05, 4.69) is 25.5 Å². The molecule has 0 heterocycles. The van der Waals surface area contributed by atoms with Crippen LogP contribution in [-0.4, -0.2) is 34.5 Å². The van der Waals surface area contributed by atoms with Crippen molar-refractivity contribution in [2.75, 3.05) is 14.2 Å². The van der Waals surface area contributed by atoms with Gasteiger partial charge in [-0.3, -0.25) is 0 Å². The number of carbonyl (C=O) groups excluding carboxylic acids is 2. The minimum absolute atomic E-state index is 0.350. The lowest BCUT2D eigenvalue weighted by Crippen LogP contribution is -2.37. The first-order chi connectivity index (χ1) is 11.9. The fraction of sp³-hybridized carbons (Fsp3) is 0.474. The van der Waals surface area contributed by atoms with E-state index in [9.17, 15) is 9.59 Å². The molecule has 138 valence electrons. The van der Waals surface area contributed by atoms with E-state index >= 15 is 0 Å². The molecule has 5 nitrogen and oxygen atoms in total. The first kappa shape index (κ1) is 21.1. The van der Waals surface area contributed by atoms with Crippen LogP contribution in [0.2, 0.25) is 18.1 Å². The van der Waals surface area contributed by atoms with Crippen molar-refractivity contribution in [1.82, 2.24) is 0 Å². The Kier molecular flexibility index (Phi) is 8.58. The van der Waals surface area contributed by atoms with E-state index < -0.39 is 14.3 Å². The van der Waals surface area contributed by atoms with Crippen molar-refractivity contribution in [3.63, 3.8) is 0 Å². The molecule has 1 unspecified atom stereocenters. The number of esters is 2. The van der Waals surface area contributed by atoms with Crippen LogP contribution in [0.15, 0.2) is 36.4 Å². The third-order valence-corrected chi connectivity index (χ3v) is 9.20. The third-order valence-electron chi connectivity index (χ3n) is 4.58. The maximum absolute atomic E-state index is 11.6. The van der Waals surface area contributed by atoms with Crippen LogP contribution in [-0.2, 0) is 18.7 Å². The van der Waals surface area contributed by atoms with E-state index in [1.807, 2.05) is 12.1 Å². The number of rotatable bonds is 9. The number of methoxy groups -OCH3 is 2. The minimum Gasteiger partial charge on any atom is -0.466 e. The average molecular weight is 365 g/mol. The molecule has 1 aromatic rings. The van der Waals surface area contributed by atoms with Crippen LogP contribution in [0.25, 0.3) is 0 Å². The molecule has 0 aliphatic heterocycles. The molecule has 6 heteroatoms. The van der Waals surface area contributed by atoms with E-state index in [4.69, 9.17) is 9.16 Å². The molecule has 0 spiro atoms. The van der Waals surface area contributed by atoms with Gasteiger partial charge in [-0.05, 0) is 41.9 Å². The van der Waals surface area contributed by atoms with Gasteiger partial charge in [0.25, 0.3) is 0 Å². The number of hydrogen-bond acceptors (Lipinski definition) is 5. The monoisotopic (exact) mass is 364 g/mol. The van der Waals surface area contributed by atoms with Crippen molar-refractivity contribution >= 4 is 20.3 Å². The van der Waals surface area contributed by atoms with Gasteiger partial charge in [0.15, 0.2) is 8.32 Å². The summed E-state index contributed by atoms with van der Waals surface area (Å²) < 4.78 is 15.9. The molecule has 1 rings (SSSR count). The van der Waals surface area contributed by atoms with E-state index in [0.717, 1.165) is 23.7 Å². The van der Waals surface area contributed by atoms with E-state index in [1.165, 1.54) is 20.3 Å². The summed E-state index contributed by atoms with van der Waals surface area (Å²) in [4.78, 5) is 23.1. The number of carbonyl (C=O) groups is 2. The highest BCUT2D eigenvalue weighted by Gasteiger charge is 2.32. The SMILES string of the molecule is CC[Si](CC)(CC)OC(/C=C/C(=O)OC)c1ccc(C(=O)OC)cc1. The summed E-state index contributed by atoms with van der Waals surface area (Å²) in [5, 5.41) is 0. The second kappa shape index (κ2) is 10.2. The highest BCUT2D eigenvalue weighted by molar-refractivity contribution is 6.73. The fourth-order valence-electron chi connectivity index (χ4n) is 2.65. The quantitative estimate of drug-likeness (QED) is 0.372. The Morgan fingerprint density at radius 1 is 1.00 bits per heavy atom. The summed E-state index contributed by atoms with van der Waals surface area (Å²) in [5.74, 6) is -0.801. The number of ether oxygens (including phenoxy) is 2. The zero-order valence-corrected chi connectivity index (χ0v) is 16.7. The standard InChI is InChI=1S/C19H28O5Si/c1-6-25(7-2,8-3)24-17(13-14-18(20)22-4)15-9-11-16(12-10-15)19(21)23-5/h9-14,17H,6-8H2,1-5H3/b14-13+. The van der Waals surface area contributed by atoms with Crippen molar-refractivity contribution in [3.8, 4) is 0 Å². The zero-order chi connectivity index (χ0) is 18.9. The molecule has 25 heavy (non-hydrogen) atoms. The van der Waals surface area contributed by atoms with Crippen LogP contribution in [0.1, 0.15) is 42.8 Å². The van der Waals surface area contributed by atoms with Gasteiger partial charge in [-0.2, -0.15) is 0 Å². The molecule has 0 bridgehead atoms. The van der Waals surface area contributed by atoms with Crippen molar-refractivity contribution in [2.24, 2.45) is 0 Å². The lowest BCUT2D eigenvalue weighted by atomic mass is 10.1. The van der Waals surface area contributed by atoms with Gasteiger partial charge in [-0.25, -0.2) is 9.59 Å². The highest BCUT2D eigenvalue weighted by atomic mass is 28.4. The maximum Gasteiger partial charge on any atom is 0.337 e. The van der Waals surface area contributed by atoms with Gasteiger partial charge in [-0.1, -0.05) is 32.9 Å². The van der Waals surface area contributed by atoms with E-state index in [-0.39, 0.29) is 12.1 Å². The van der Waals surface area contributed by atoms with Crippen LogP contribution in [0.4, 0.5) is 0 Å². The van der Waals surface area contributed by atoms with E-state index in [0.29, 0.717) is 5.56 Å². The highest BCUT2D eigenvalue weighted by Crippen LogP contribution is 2.31. The molecule has 0 radical (unpaired) electrons. The molecule has 0 saturated carbocycles. The summed E-state index contributed by atoms with van der Waals surface area (Å²) in [6.07, 6.45) is 2.76. The van der Waals surface area contributed by atoms with Gasteiger partial charge in [0, 0.05) is 6.08 Å². The summed E-state index contributed by atoms with van der Waals surface area (Å²) in [5.41, 5.74) is 1.37. The van der Waals surface area contributed by atoms with Crippen molar-refractivity contribution in [2.45, 2.75) is 45.0 Å². The normalized spacial score (nSPS) is 12.8. The predicted octanol–water partition coefficient (Wildman–Crippen LogP) is 4.27. The molecule has 0 amide bonds. The minimum atomic E-state index is -1.88. The molecular formula is C19H28O5Si. The van der Waals surface area contributed by atoms with Gasteiger partial charge in [0.2, 0.25) is 0 Å². The fourth-order valence-corrected chi connectivity index (χ4v) is 5.40. The molecule has 0 fully saturated rings. The Bertz CT molecular complexity index is 582. The van der Waals surface area contributed by atoms with Gasteiger partial charge in [0.05, 0.1) is 25.9 Å². The Balaban J connectivity index is 3.15. The molecule has 0 aromatic heterocycles. The summed E-state index contributed by atoms with van der Waals surface area (Å²) in [6, 6.07) is 10.1. The van der Waals surface area contributed by atoms with Gasteiger partial charge >= 0.3 is 11.9 Å². The van der Waals surface area contributed by atoms with Crippen molar-refractivity contribution in [3.05, 3.63) is 47.5 Å². The van der Waals surface area contributed by atoms with Crippen LogP contribution in [0.5, 0.6) is 0 Å². The summed E-state index contributed by atoms with van der Waals surface area (Å²) >= 11 is 0. The average Bonchev–Trinajstić information content (AvgIpc) is 2.68. The van der Waals surface area contributed by atoms with Gasteiger partial charge < -0.3 is 13.9 Å². The number of hydrogen-bond donors (Lipinski definition) is 0. The van der Waals surface area contributed by atoms with Gasteiger partial charge in [-0.15, -0.1) is 0 Å². The third kappa shape index (κ3) is 5.83. The Morgan fingerprint density at radius 2 is 1.56 bits per heavy atom. The van der Waals surface area contributed by atoms with Gasteiger partial charge in [0.1, 0.15) is 0 Å². The van der Waals surface area contributed by atoms with Crippen molar-refractivity contribution < 1.29 is 23.5 Å². The van der Waals surface area contributed by atoms with Crippen LogP contribution in [0.3, 0.4) is 0 Å². The van der Waals surface area contributed by atoms with E-state index in [1.54, 1.807) is 18.2 Å². The number of benzene rings is 1. The molecule has 0 saturated heterocycles. The largest absolute Gasteiger partial charge is 0.466 e. The second-order valence-corrected chi connectivity index (χ2v) is 10.5. The maximum atomic E-state index is 11.6. The molecule has 0 aliphatic rings. The molecule has 1 aromatic carbocycles. The lowest BCUT2D eigenvalue weighted by Gasteiger charge is -2.32. The second-order valence-electron chi connectivity index (χ2n) is 5.78. The van der Waals surface area contributed by atoms with Crippen molar-refractivity contribution in [1.29, 1.82) is 0 Å². The Labute approximate surface area is 151 Å². The topological polar surface area (TPSA) is 61.8 Å². The Hall–Kier alpha value is -1.92. The smallest absolute Gasteiger partial charge is 0.337 e.